The SMILES string of the molecule is CCC(=O)Nc1cc(N2CCOCC2)ccn1. The minimum Gasteiger partial charge on any atom is -0.378 e. The second kappa shape index (κ2) is 5.63. The van der Waals surface area contributed by atoms with Crippen LogP contribution in [0.5, 0.6) is 0 Å². The highest BCUT2D eigenvalue weighted by molar-refractivity contribution is 5.89. The number of carbonyl (C=O) groups excluding carboxylic acids is 1. The van der Waals surface area contributed by atoms with Gasteiger partial charge in [0.05, 0.1) is 13.2 Å². The first-order valence-electron chi connectivity index (χ1n) is 5.88. The minimum absolute atomic E-state index is 0.0170. The van der Waals surface area contributed by atoms with Crippen molar-refractivity contribution in [2.45, 2.75) is 13.3 Å². The molecular formula is C12H17N3O2. The van der Waals surface area contributed by atoms with Crippen molar-refractivity contribution in [3.63, 3.8) is 0 Å². The van der Waals surface area contributed by atoms with Crippen LogP contribution in [0, 0.1) is 0 Å². The Labute approximate surface area is 101 Å². The number of hydrogen-bond acceptors (Lipinski definition) is 4. The Morgan fingerprint density at radius 1 is 1.53 bits per heavy atom. The van der Waals surface area contributed by atoms with Gasteiger partial charge in [-0.1, -0.05) is 6.92 Å². The van der Waals surface area contributed by atoms with Crippen molar-refractivity contribution in [1.82, 2.24) is 4.98 Å². The molecule has 0 radical (unpaired) electrons. The van der Waals surface area contributed by atoms with E-state index in [1.54, 1.807) is 6.20 Å². The standard InChI is InChI=1S/C12H17N3O2/c1-2-12(16)14-11-9-10(3-4-13-11)15-5-7-17-8-6-15/h3-4,9H,2,5-8H2,1H3,(H,13,14,16). The molecule has 1 amide bonds. The molecule has 0 aromatic carbocycles. The topological polar surface area (TPSA) is 54.5 Å². The van der Waals surface area contributed by atoms with Gasteiger partial charge in [0.2, 0.25) is 5.91 Å². The summed E-state index contributed by atoms with van der Waals surface area (Å²) in [6.07, 6.45) is 2.18. The van der Waals surface area contributed by atoms with Gasteiger partial charge in [-0.2, -0.15) is 0 Å². The van der Waals surface area contributed by atoms with E-state index >= 15 is 0 Å². The molecule has 5 nitrogen and oxygen atoms in total. The molecule has 0 atom stereocenters. The van der Waals surface area contributed by atoms with E-state index in [0.29, 0.717) is 12.2 Å². The van der Waals surface area contributed by atoms with Crippen LogP contribution in [0.1, 0.15) is 13.3 Å². The lowest BCUT2D eigenvalue weighted by Crippen LogP contribution is -2.36. The molecule has 1 fully saturated rings. The summed E-state index contributed by atoms with van der Waals surface area (Å²) in [7, 11) is 0. The van der Waals surface area contributed by atoms with Crippen LogP contribution in [-0.2, 0) is 9.53 Å². The van der Waals surface area contributed by atoms with Gasteiger partial charge in [-0.05, 0) is 6.07 Å². The number of aromatic nitrogens is 1. The van der Waals surface area contributed by atoms with E-state index in [2.05, 4.69) is 15.2 Å². The number of nitrogens with zero attached hydrogens (tertiary/aromatic N) is 2. The fraction of sp³-hybridized carbons (Fsp3) is 0.500. The molecule has 1 aromatic rings. The fourth-order valence-electron chi connectivity index (χ4n) is 1.74. The van der Waals surface area contributed by atoms with E-state index in [-0.39, 0.29) is 5.91 Å². The van der Waals surface area contributed by atoms with E-state index in [0.717, 1.165) is 32.0 Å². The van der Waals surface area contributed by atoms with Gasteiger partial charge >= 0.3 is 0 Å². The zero-order chi connectivity index (χ0) is 12.1. The molecule has 0 aliphatic carbocycles. The number of carbonyl (C=O) groups is 1. The van der Waals surface area contributed by atoms with E-state index in [1.807, 2.05) is 19.1 Å². The van der Waals surface area contributed by atoms with Crippen LogP contribution in [0.4, 0.5) is 11.5 Å². The van der Waals surface area contributed by atoms with E-state index in [9.17, 15) is 4.79 Å². The van der Waals surface area contributed by atoms with Crippen LogP contribution in [0.25, 0.3) is 0 Å². The molecule has 2 heterocycles. The molecule has 17 heavy (non-hydrogen) atoms. The van der Waals surface area contributed by atoms with E-state index < -0.39 is 0 Å². The maximum Gasteiger partial charge on any atom is 0.225 e. The lowest BCUT2D eigenvalue weighted by atomic mass is 10.3. The Kier molecular flexibility index (Phi) is 3.93. The smallest absolute Gasteiger partial charge is 0.225 e. The minimum atomic E-state index is -0.0170. The number of rotatable bonds is 3. The van der Waals surface area contributed by atoms with Gasteiger partial charge < -0.3 is 15.0 Å². The van der Waals surface area contributed by atoms with Gasteiger partial charge in [0.15, 0.2) is 0 Å². The molecule has 0 spiro atoms. The number of amides is 1. The molecule has 1 aliphatic heterocycles. The summed E-state index contributed by atoms with van der Waals surface area (Å²) in [5.41, 5.74) is 1.08. The molecule has 1 N–H and O–H groups in total. The number of nitrogens with one attached hydrogen (secondary N) is 1. The summed E-state index contributed by atoms with van der Waals surface area (Å²) in [4.78, 5) is 17.6. The maximum absolute atomic E-state index is 11.3. The van der Waals surface area contributed by atoms with Gasteiger partial charge in [-0.25, -0.2) is 4.98 Å². The van der Waals surface area contributed by atoms with Crippen LogP contribution in [-0.4, -0.2) is 37.2 Å². The van der Waals surface area contributed by atoms with Gasteiger partial charge in [0, 0.05) is 37.5 Å². The highest BCUT2D eigenvalue weighted by atomic mass is 16.5. The van der Waals surface area contributed by atoms with Crippen LogP contribution < -0.4 is 10.2 Å². The average Bonchev–Trinajstić information content (AvgIpc) is 2.40. The second-order valence-electron chi connectivity index (χ2n) is 3.90. The highest BCUT2D eigenvalue weighted by Gasteiger charge is 2.12. The van der Waals surface area contributed by atoms with Crippen LogP contribution in [0.3, 0.4) is 0 Å². The fourth-order valence-corrected chi connectivity index (χ4v) is 1.74. The van der Waals surface area contributed by atoms with E-state index in [1.165, 1.54) is 0 Å². The molecule has 2 rings (SSSR count). The Hall–Kier alpha value is -1.62. The van der Waals surface area contributed by atoms with Crippen molar-refractivity contribution in [3.05, 3.63) is 18.3 Å². The van der Waals surface area contributed by atoms with Crippen molar-refractivity contribution in [2.24, 2.45) is 0 Å². The Morgan fingerprint density at radius 2 is 2.29 bits per heavy atom. The summed E-state index contributed by atoms with van der Waals surface area (Å²) >= 11 is 0. The zero-order valence-electron chi connectivity index (χ0n) is 9.98. The molecule has 1 aliphatic rings. The monoisotopic (exact) mass is 235 g/mol. The molecule has 1 aromatic heterocycles. The zero-order valence-corrected chi connectivity index (χ0v) is 9.98. The van der Waals surface area contributed by atoms with Crippen LogP contribution in [0.2, 0.25) is 0 Å². The second-order valence-corrected chi connectivity index (χ2v) is 3.90. The quantitative estimate of drug-likeness (QED) is 0.857. The largest absolute Gasteiger partial charge is 0.378 e. The lowest BCUT2D eigenvalue weighted by molar-refractivity contribution is -0.115. The molecular weight excluding hydrogens is 218 g/mol. The van der Waals surface area contributed by atoms with Crippen molar-refractivity contribution in [3.8, 4) is 0 Å². The van der Waals surface area contributed by atoms with Gasteiger partial charge in [-0.15, -0.1) is 0 Å². The first kappa shape index (κ1) is 11.9. The highest BCUT2D eigenvalue weighted by Crippen LogP contribution is 2.18. The summed E-state index contributed by atoms with van der Waals surface area (Å²) in [6, 6.07) is 3.85. The predicted molar refractivity (Wildman–Crippen MR) is 66.2 cm³/mol. The molecule has 0 unspecified atom stereocenters. The lowest BCUT2D eigenvalue weighted by Gasteiger charge is -2.28. The number of pyridine rings is 1. The summed E-state index contributed by atoms with van der Waals surface area (Å²) in [5.74, 6) is 0.595. The van der Waals surface area contributed by atoms with Crippen LogP contribution >= 0.6 is 0 Å². The molecule has 1 saturated heterocycles. The van der Waals surface area contributed by atoms with Crippen molar-refractivity contribution in [2.75, 3.05) is 36.5 Å². The third-order valence-corrected chi connectivity index (χ3v) is 2.71. The predicted octanol–water partition coefficient (Wildman–Crippen LogP) is 1.27. The van der Waals surface area contributed by atoms with Gasteiger partial charge in [0.25, 0.3) is 0 Å². The number of ether oxygens (including phenoxy) is 1. The van der Waals surface area contributed by atoms with Crippen molar-refractivity contribution in [1.29, 1.82) is 0 Å². The van der Waals surface area contributed by atoms with Crippen molar-refractivity contribution < 1.29 is 9.53 Å². The first-order chi connectivity index (χ1) is 8.29. The molecule has 0 saturated carbocycles. The summed E-state index contributed by atoms with van der Waals surface area (Å²) in [6.45, 7) is 5.08. The normalized spacial score (nSPS) is 15.7. The average molecular weight is 235 g/mol. The number of morpholine rings is 1. The van der Waals surface area contributed by atoms with Gasteiger partial charge in [0.1, 0.15) is 5.82 Å². The summed E-state index contributed by atoms with van der Waals surface area (Å²) < 4.78 is 5.31. The van der Waals surface area contributed by atoms with Crippen molar-refractivity contribution >= 4 is 17.4 Å². The summed E-state index contributed by atoms with van der Waals surface area (Å²) in [5, 5.41) is 2.76. The first-order valence-corrected chi connectivity index (χ1v) is 5.88. The van der Waals surface area contributed by atoms with E-state index in [4.69, 9.17) is 4.74 Å². The molecule has 92 valence electrons. The number of hydrogen-bond donors (Lipinski definition) is 1. The maximum atomic E-state index is 11.3. The molecule has 5 heteroatoms. The Balaban J connectivity index is 2.07. The number of anilines is 2. The Morgan fingerprint density at radius 3 is 3.00 bits per heavy atom. The molecule has 0 bridgehead atoms. The third-order valence-electron chi connectivity index (χ3n) is 2.71. The van der Waals surface area contributed by atoms with Gasteiger partial charge in [-0.3, -0.25) is 4.79 Å². The third kappa shape index (κ3) is 3.17. The van der Waals surface area contributed by atoms with Crippen LogP contribution in [0.15, 0.2) is 18.3 Å². The Bertz CT molecular complexity index is 389.